The third-order valence-corrected chi connectivity index (χ3v) is 6.00. The summed E-state index contributed by atoms with van der Waals surface area (Å²) in [5, 5.41) is 9.23. The lowest BCUT2D eigenvalue weighted by molar-refractivity contribution is -0.141. The number of para-hydroxylation sites is 1. The number of carboxylic acid groups (broad SMARTS) is 1. The van der Waals surface area contributed by atoms with Crippen LogP contribution >= 0.6 is 0 Å². The van der Waals surface area contributed by atoms with Gasteiger partial charge in [-0.15, -0.1) is 0 Å². The van der Waals surface area contributed by atoms with Gasteiger partial charge in [-0.05, 0) is 38.8 Å². The summed E-state index contributed by atoms with van der Waals surface area (Å²) in [6.45, 7) is 4.85. The highest BCUT2D eigenvalue weighted by molar-refractivity contribution is 7.94. The van der Waals surface area contributed by atoms with E-state index < -0.39 is 26.7 Å². The third-order valence-electron chi connectivity index (χ3n) is 3.53. The number of benzene rings is 1. The quantitative estimate of drug-likeness (QED) is 0.904. The summed E-state index contributed by atoms with van der Waals surface area (Å²) in [7, 11) is -3.61. The first kappa shape index (κ1) is 14.8. The van der Waals surface area contributed by atoms with Crippen LogP contribution in [0, 0.1) is 5.92 Å². The zero-order chi connectivity index (χ0) is 15.1. The van der Waals surface area contributed by atoms with E-state index >= 15 is 0 Å². The van der Waals surface area contributed by atoms with Crippen LogP contribution in [0.2, 0.25) is 0 Å². The van der Waals surface area contributed by atoms with Gasteiger partial charge in [-0.1, -0.05) is 18.2 Å². The lowest BCUT2D eigenvalue weighted by Crippen LogP contribution is -2.49. The number of hydrogen-bond acceptors (Lipinski definition) is 3. The molecule has 1 unspecified atom stereocenters. The predicted molar refractivity (Wildman–Crippen MR) is 77.3 cm³/mol. The van der Waals surface area contributed by atoms with Crippen molar-refractivity contribution in [1.29, 1.82) is 0 Å². The third kappa shape index (κ3) is 2.40. The molecule has 0 aliphatic carbocycles. The van der Waals surface area contributed by atoms with E-state index in [9.17, 15) is 18.3 Å². The second-order valence-electron chi connectivity index (χ2n) is 6.02. The Morgan fingerprint density at radius 3 is 2.45 bits per heavy atom. The Kier molecular flexibility index (Phi) is 3.54. The van der Waals surface area contributed by atoms with Gasteiger partial charge in [0.25, 0.3) is 0 Å². The van der Waals surface area contributed by atoms with E-state index in [1.807, 2.05) is 0 Å². The molecule has 110 valence electrons. The number of sulfonamides is 1. The minimum Gasteiger partial charge on any atom is -0.481 e. The van der Waals surface area contributed by atoms with Crippen molar-refractivity contribution in [1.82, 2.24) is 0 Å². The molecule has 5 nitrogen and oxygen atoms in total. The molecule has 1 aromatic carbocycles. The van der Waals surface area contributed by atoms with E-state index in [1.54, 1.807) is 45.0 Å². The molecule has 1 N–H and O–H groups in total. The highest BCUT2D eigenvalue weighted by atomic mass is 32.2. The molecule has 0 saturated heterocycles. The number of carbonyl (C=O) groups is 1. The maximum absolute atomic E-state index is 12.7. The molecule has 0 radical (unpaired) electrons. The van der Waals surface area contributed by atoms with E-state index in [-0.39, 0.29) is 6.54 Å². The molecule has 2 rings (SSSR count). The van der Waals surface area contributed by atoms with Crippen LogP contribution in [0.1, 0.15) is 26.3 Å². The summed E-state index contributed by atoms with van der Waals surface area (Å²) in [5.74, 6) is -1.67. The monoisotopic (exact) mass is 297 g/mol. The second kappa shape index (κ2) is 4.77. The lowest BCUT2D eigenvalue weighted by Gasteiger charge is -2.37. The molecule has 0 bridgehead atoms. The van der Waals surface area contributed by atoms with Crippen molar-refractivity contribution in [3.8, 4) is 0 Å². The molecule has 0 fully saturated rings. The van der Waals surface area contributed by atoms with Crippen LogP contribution in [0.15, 0.2) is 24.3 Å². The first-order chi connectivity index (χ1) is 9.14. The Balaban J connectivity index is 2.55. The number of rotatable bonds is 2. The Morgan fingerprint density at radius 1 is 1.30 bits per heavy atom. The topological polar surface area (TPSA) is 74.7 Å². The molecule has 0 saturated carbocycles. The number of nitrogens with zero attached hydrogens (tertiary/aromatic N) is 1. The maximum atomic E-state index is 12.7. The van der Waals surface area contributed by atoms with E-state index in [0.29, 0.717) is 12.1 Å². The van der Waals surface area contributed by atoms with E-state index in [4.69, 9.17) is 0 Å². The van der Waals surface area contributed by atoms with Crippen molar-refractivity contribution in [2.45, 2.75) is 31.9 Å². The standard InChI is InChI=1S/C14H19NO4S/c1-14(2,3)20(18,19)15-9-11(13(16)17)8-10-6-4-5-7-12(10)15/h4-7,11H,8-9H2,1-3H3,(H,16,17). The molecule has 6 heteroatoms. The van der Waals surface area contributed by atoms with Crippen molar-refractivity contribution < 1.29 is 18.3 Å². The highest BCUT2D eigenvalue weighted by Gasteiger charge is 2.41. The molecule has 1 atom stereocenters. The minimum atomic E-state index is -3.61. The Bertz CT molecular complexity index is 631. The van der Waals surface area contributed by atoms with Crippen LogP contribution in [0.4, 0.5) is 5.69 Å². The van der Waals surface area contributed by atoms with Crippen molar-refractivity contribution in [3.63, 3.8) is 0 Å². The van der Waals surface area contributed by atoms with Crippen molar-refractivity contribution in [3.05, 3.63) is 29.8 Å². The fraction of sp³-hybridized carbons (Fsp3) is 0.500. The predicted octanol–water partition coefficient (Wildman–Crippen LogP) is 1.88. The Hall–Kier alpha value is -1.56. The average Bonchev–Trinajstić information content (AvgIpc) is 2.35. The zero-order valence-electron chi connectivity index (χ0n) is 11.8. The molecule has 1 aliphatic rings. The van der Waals surface area contributed by atoms with Crippen molar-refractivity contribution >= 4 is 21.7 Å². The van der Waals surface area contributed by atoms with E-state index in [1.165, 1.54) is 4.31 Å². The number of aliphatic carboxylic acids is 1. The number of hydrogen-bond donors (Lipinski definition) is 1. The highest BCUT2D eigenvalue weighted by Crippen LogP contribution is 2.35. The van der Waals surface area contributed by atoms with Crippen molar-refractivity contribution in [2.75, 3.05) is 10.8 Å². The van der Waals surface area contributed by atoms with Crippen LogP contribution in [0.3, 0.4) is 0 Å². The van der Waals surface area contributed by atoms with Gasteiger partial charge in [-0.3, -0.25) is 9.10 Å². The molecular formula is C14H19NO4S. The average molecular weight is 297 g/mol. The van der Waals surface area contributed by atoms with E-state index in [2.05, 4.69) is 0 Å². The van der Waals surface area contributed by atoms with Gasteiger partial charge >= 0.3 is 5.97 Å². The van der Waals surface area contributed by atoms with Crippen LogP contribution in [-0.2, 0) is 21.2 Å². The molecule has 0 amide bonds. The van der Waals surface area contributed by atoms with Crippen LogP contribution < -0.4 is 4.31 Å². The molecule has 1 heterocycles. The van der Waals surface area contributed by atoms with Gasteiger partial charge in [0.05, 0.1) is 16.4 Å². The van der Waals surface area contributed by atoms with Gasteiger partial charge in [-0.2, -0.15) is 0 Å². The lowest BCUT2D eigenvalue weighted by atomic mass is 9.94. The smallest absolute Gasteiger partial charge is 0.308 e. The van der Waals surface area contributed by atoms with Crippen LogP contribution in [-0.4, -0.2) is 30.8 Å². The summed E-state index contributed by atoms with van der Waals surface area (Å²) in [6, 6.07) is 7.09. The Labute approximate surface area is 119 Å². The molecule has 1 aromatic rings. The normalized spacial score (nSPS) is 19.6. The molecule has 20 heavy (non-hydrogen) atoms. The van der Waals surface area contributed by atoms with Crippen LogP contribution in [0.25, 0.3) is 0 Å². The summed E-state index contributed by atoms with van der Waals surface area (Å²) >= 11 is 0. The van der Waals surface area contributed by atoms with Gasteiger partial charge in [0.15, 0.2) is 0 Å². The SMILES string of the molecule is CC(C)(C)S(=O)(=O)N1CC(C(=O)O)Cc2ccccc21. The summed E-state index contributed by atoms with van der Waals surface area (Å²) < 4.78 is 25.6. The first-order valence-electron chi connectivity index (χ1n) is 6.47. The molecule has 0 aromatic heterocycles. The summed E-state index contributed by atoms with van der Waals surface area (Å²) in [6.07, 6.45) is 0.363. The molecule has 0 spiro atoms. The molecule has 1 aliphatic heterocycles. The number of fused-ring (bicyclic) bond motifs is 1. The summed E-state index contributed by atoms with van der Waals surface area (Å²) in [4.78, 5) is 11.3. The van der Waals surface area contributed by atoms with Gasteiger partial charge in [-0.25, -0.2) is 8.42 Å². The summed E-state index contributed by atoms with van der Waals surface area (Å²) in [5.41, 5.74) is 1.36. The zero-order valence-corrected chi connectivity index (χ0v) is 12.6. The molecular weight excluding hydrogens is 278 g/mol. The van der Waals surface area contributed by atoms with Gasteiger partial charge in [0.1, 0.15) is 0 Å². The van der Waals surface area contributed by atoms with Crippen molar-refractivity contribution in [2.24, 2.45) is 5.92 Å². The fourth-order valence-corrected chi connectivity index (χ4v) is 3.75. The number of anilines is 1. The van der Waals surface area contributed by atoms with Gasteiger partial charge < -0.3 is 5.11 Å². The Morgan fingerprint density at radius 2 is 1.90 bits per heavy atom. The first-order valence-corrected chi connectivity index (χ1v) is 7.91. The minimum absolute atomic E-state index is 0.00799. The fourth-order valence-electron chi connectivity index (χ4n) is 2.28. The second-order valence-corrected chi connectivity index (χ2v) is 8.63. The maximum Gasteiger partial charge on any atom is 0.308 e. The van der Waals surface area contributed by atoms with Crippen LogP contribution in [0.5, 0.6) is 0 Å². The van der Waals surface area contributed by atoms with E-state index in [0.717, 1.165) is 5.56 Å². The van der Waals surface area contributed by atoms with Gasteiger partial charge in [0, 0.05) is 6.54 Å². The number of carboxylic acids is 1. The largest absolute Gasteiger partial charge is 0.481 e. The van der Waals surface area contributed by atoms with Gasteiger partial charge in [0.2, 0.25) is 10.0 Å².